The molecule has 0 saturated heterocycles. The number of benzene rings is 2. The van der Waals surface area contributed by atoms with Crippen LogP contribution in [-0.4, -0.2) is 36.5 Å². The lowest BCUT2D eigenvalue weighted by atomic mass is 10.2. The Kier molecular flexibility index (Phi) is 8.68. The highest BCUT2D eigenvalue weighted by Crippen LogP contribution is 2.30. The van der Waals surface area contributed by atoms with Gasteiger partial charge in [-0.2, -0.15) is 0 Å². The Morgan fingerprint density at radius 3 is 1.96 bits per heavy atom. The van der Waals surface area contributed by atoms with Crippen LogP contribution in [0.15, 0.2) is 42.5 Å². The first-order valence-corrected chi connectivity index (χ1v) is 10.3. The Hall–Kier alpha value is -2.67. The SMILES string of the molecule is CCOc1ccc(NC(=O)CSCC(=O)Nc2ccc(C)cc2)cc1OCC. The van der Waals surface area contributed by atoms with E-state index in [-0.39, 0.29) is 23.3 Å². The summed E-state index contributed by atoms with van der Waals surface area (Å²) in [5, 5.41) is 5.62. The maximum atomic E-state index is 12.1. The van der Waals surface area contributed by atoms with Crippen molar-refractivity contribution in [2.24, 2.45) is 0 Å². The van der Waals surface area contributed by atoms with Crippen LogP contribution in [0, 0.1) is 6.92 Å². The first-order chi connectivity index (χ1) is 13.5. The molecule has 0 heterocycles. The van der Waals surface area contributed by atoms with E-state index in [1.807, 2.05) is 45.0 Å². The van der Waals surface area contributed by atoms with E-state index in [4.69, 9.17) is 9.47 Å². The van der Waals surface area contributed by atoms with Crippen molar-refractivity contribution in [3.8, 4) is 11.5 Å². The molecule has 28 heavy (non-hydrogen) atoms. The minimum absolute atomic E-state index is 0.138. The second-order valence-corrected chi connectivity index (χ2v) is 6.97. The normalized spacial score (nSPS) is 10.2. The van der Waals surface area contributed by atoms with Crippen molar-refractivity contribution in [3.05, 3.63) is 48.0 Å². The first kappa shape index (κ1) is 21.6. The van der Waals surface area contributed by atoms with Gasteiger partial charge in [0.1, 0.15) is 0 Å². The monoisotopic (exact) mass is 402 g/mol. The molecule has 0 bridgehead atoms. The van der Waals surface area contributed by atoms with Crippen molar-refractivity contribution in [2.45, 2.75) is 20.8 Å². The number of amides is 2. The fraction of sp³-hybridized carbons (Fsp3) is 0.333. The van der Waals surface area contributed by atoms with E-state index in [1.54, 1.807) is 18.2 Å². The third-order valence-corrected chi connectivity index (χ3v) is 4.56. The summed E-state index contributed by atoms with van der Waals surface area (Å²) in [5.74, 6) is 1.30. The lowest BCUT2D eigenvalue weighted by Gasteiger charge is -2.13. The Bertz CT molecular complexity index is 793. The summed E-state index contributed by atoms with van der Waals surface area (Å²) in [6.45, 7) is 6.81. The molecule has 0 aliphatic heterocycles. The van der Waals surface area contributed by atoms with Gasteiger partial charge in [-0.15, -0.1) is 11.8 Å². The zero-order valence-electron chi connectivity index (χ0n) is 16.4. The molecule has 2 aromatic carbocycles. The van der Waals surface area contributed by atoms with Crippen molar-refractivity contribution in [1.29, 1.82) is 0 Å². The number of rotatable bonds is 10. The third kappa shape index (κ3) is 7.15. The molecule has 150 valence electrons. The Morgan fingerprint density at radius 2 is 1.36 bits per heavy atom. The molecule has 0 aromatic heterocycles. The average Bonchev–Trinajstić information content (AvgIpc) is 2.66. The molecule has 2 N–H and O–H groups in total. The Balaban J connectivity index is 1.79. The van der Waals surface area contributed by atoms with E-state index < -0.39 is 0 Å². The van der Waals surface area contributed by atoms with Crippen LogP contribution in [-0.2, 0) is 9.59 Å². The molecule has 0 atom stereocenters. The van der Waals surface area contributed by atoms with Gasteiger partial charge < -0.3 is 20.1 Å². The quantitative estimate of drug-likeness (QED) is 0.626. The van der Waals surface area contributed by atoms with Crippen LogP contribution in [0.4, 0.5) is 11.4 Å². The standard InChI is InChI=1S/C21H26N2O4S/c1-4-26-18-11-10-17(12-19(18)27-5-2)23-21(25)14-28-13-20(24)22-16-8-6-15(3)7-9-16/h6-12H,4-5,13-14H2,1-3H3,(H,22,24)(H,23,25). The molecule has 0 unspecified atom stereocenters. The lowest BCUT2D eigenvalue weighted by molar-refractivity contribution is -0.114. The Morgan fingerprint density at radius 1 is 0.821 bits per heavy atom. The molecular formula is C21H26N2O4S. The van der Waals surface area contributed by atoms with Crippen LogP contribution in [0.25, 0.3) is 0 Å². The van der Waals surface area contributed by atoms with Crippen molar-refractivity contribution in [3.63, 3.8) is 0 Å². The van der Waals surface area contributed by atoms with Gasteiger partial charge in [0.05, 0.1) is 24.7 Å². The van der Waals surface area contributed by atoms with Crippen LogP contribution in [0.1, 0.15) is 19.4 Å². The van der Waals surface area contributed by atoms with Gasteiger partial charge in [0.15, 0.2) is 11.5 Å². The van der Waals surface area contributed by atoms with Crippen molar-refractivity contribution in [1.82, 2.24) is 0 Å². The highest BCUT2D eigenvalue weighted by atomic mass is 32.2. The van der Waals surface area contributed by atoms with Crippen LogP contribution in [0.2, 0.25) is 0 Å². The molecule has 0 fully saturated rings. The van der Waals surface area contributed by atoms with E-state index in [0.717, 1.165) is 11.3 Å². The number of anilines is 2. The summed E-state index contributed by atoms with van der Waals surface area (Å²) in [6, 6.07) is 12.8. The average molecular weight is 403 g/mol. The van der Waals surface area contributed by atoms with Crippen molar-refractivity contribution >= 4 is 35.0 Å². The second-order valence-electron chi connectivity index (χ2n) is 5.98. The molecule has 2 amide bonds. The topological polar surface area (TPSA) is 76.7 Å². The molecule has 7 heteroatoms. The number of ether oxygens (including phenoxy) is 2. The predicted octanol–water partition coefficient (Wildman–Crippen LogP) is 4.10. The van der Waals surface area contributed by atoms with E-state index >= 15 is 0 Å². The van der Waals surface area contributed by atoms with Gasteiger partial charge in [0, 0.05) is 17.4 Å². The highest BCUT2D eigenvalue weighted by molar-refractivity contribution is 8.00. The summed E-state index contributed by atoms with van der Waals surface area (Å²) in [6.07, 6.45) is 0. The summed E-state index contributed by atoms with van der Waals surface area (Å²) >= 11 is 1.26. The van der Waals surface area contributed by atoms with Gasteiger partial charge in [-0.05, 0) is 45.0 Å². The first-order valence-electron chi connectivity index (χ1n) is 9.15. The van der Waals surface area contributed by atoms with Gasteiger partial charge in [0.2, 0.25) is 11.8 Å². The van der Waals surface area contributed by atoms with Gasteiger partial charge >= 0.3 is 0 Å². The van der Waals surface area contributed by atoms with E-state index in [2.05, 4.69) is 10.6 Å². The van der Waals surface area contributed by atoms with Crippen LogP contribution in [0.3, 0.4) is 0 Å². The smallest absolute Gasteiger partial charge is 0.234 e. The van der Waals surface area contributed by atoms with Crippen molar-refractivity contribution in [2.75, 3.05) is 35.4 Å². The summed E-state index contributed by atoms with van der Waals surface area (Å²) < 4.78 is 11.1. The van der Waals surface area contributed by atoms with E-state index in [0.29, 0.717) is 30.4 Å². The van der Waals surface area contributed by atoms with Gasteiger partial charge in [-0.25, -0.2) is 0 Å². The fourth-order valence-corrected chi connectivity index (χ4v) is 3.01. The van der Waals surface area contributed by atoms with Crippen molar-refractivity contribution < 1.29 is 19.1 Å². The third-order valence-electron chi connectivity index (χ3n) is 3.63. The number of aryl methyl sites for hydroxylation is 1. The Labute approximate surface area is 170 Å². The molecule has 2 aromatic rings. The maximum Gasteiger partial charge on any atom is 0.234 e. The van der Waals surface area contributed by atoms with Crippen LogP contribution >= 0.6 is 11.8 Å². The predicted molar refractivity (Wildman–Crippen MR) is 115 cm³/mol. The minimum atomic E-state index is -0.181. The zero-order valence-corrected chi connectivity index (χ0v) is 17.2. The van der Waals surface area contributed by atoms with Gasteiger partial charge in [0.25, 0.3) is 0 Å². The number of nitrogens with one attached hydrogen (secondary N) is 2. The fourth-order valence-electron chi connectivity index (χ4n) is 2.40. The van der Waals surface area contributed by atoms with E-state index in [9.17, 15) is 9.59 Å². The molecule has 0 aliphatic carbocycles. The minimum Gasteiger partial charge on any atom is -0.490 e. The molecule has 6 nitrogen and oxygen atoms in total. The zero-order chi connectivity index (χ0) is 20.4. The van der Waals surface area contributed by atoms with Crippen LogP contribution in [0.5, 0.6) is 11.5 Å². The highest BCUT2D eigenvalue weighted by Gasteiger charge is 2.10. The number of thioether (sulfide) groups is 1. The number of hydrogen-bond acceptors (Lipinski definition) is 5. The summed E-state index contributed by atoms with van der Waals surface area (Å²) in [7, 11) is 0. The number of carbonyl (C=O) groups is 2. The van der Waals surface area contributed by atoms with E-state index in [1.165, 1.54) is 11.8 Å². The molecule has 2 rings (SSSR count). The summed E-state index contributed by atoms with van der Waals surface area (Å²) in [5.41, 5.74) is 2.51. The maximum absolute atomic E-state index is 12.1. The molecular weight excluding hydrogens is 376 g/mol. The van der Waals surface area contributed by atoms with Gasteiger partial charge in [-0.3, -0.25) is 9.59 Å². The largest absolute Gasteiger partial charge is 0.490 e. The number of carbonyl (C=O) groups excluding carboxylic acids is 2. The number of hydrogen-bond donors (Lipinski definition) is 2. The lowest BCUT2D eigenvalue weighted by Crippen LogP contribution is -2.18. The molecule has 0 saturated carbocycles. The second kappa shape index (κ2) is 11.2. The van der Waals surface area contributed by atoms with Crippen LogP contribution < -0.4 is 20.1 Å². The molecule has 0 spiro atoms. The summed E-state index contributed by atoms with van der Waals surface area (Å²) in [4.78, 5) is 24.1. The van der Waals surface area contributed by atoms with Gasteiger partial charge in [-0.1, -0.05) is 17.7 Å². The molecule has 0 aliphatic rings. The molecule has 0 radical (unpaired) electrons.